The highest BCUT2D eigenvalue weighted by Gasteiger charge is 2.28. The van der Waals surface area contributed by atoms with Crippen LogP contribution in [0.15, 0.2) is 0 Å². The Balaban J connectivity index is 2.55. The third-order valence-corrected chi connectivity index (χ3v) is 3.57. The van der Waals surface area contributed by atoms with Crippen molar-refractivity contribution in [1.29, 1.82) is 0 Å². The third kappa shape index (κ3) is 6.82. The number of alkyl carbamates (subject to hydrolysis) is 1. The molecule has 1 aliphatic rings. The molecule has 0 radical (unpaired) electrons. The number of hydrogen-bond donors (Lipinski definition) is 2. The van der Waals surface area contributed by atoms with Crippen LogP contribution in [0, 0.1) is 5.92 Å². The number of hydrogen-bond acceptors (Lipinski definition) is 3. The summed E-state index contributed by atoms with van der Waals surface area (Å²) in [7, 11) is 0. The minimum absolute atomic E-state index is 0.0149. The topological polar surface area (TPSA) is 67.4 Å². The van der Waals surface area contributed by atoms with E-state index in [1.807, 2.05) is 13.8 Å². The molecule has 0 heterocycles. The molecule has 0 bridgehead atoms. The molecule has 1 saturated carbocycles. The fourth-order valence-electron chi connectivity index (χ4n) is 2.51. The van der Waals surface area contributed by atoms with E-state index in [0.29, 0.717) is 0 Å². The minimum Gasteiger partial charge on any atom is -0.444 e. The minimum atomic E-state index is -0.564. The summed E-state index contributed by atoms with van der Waals surface area (Å²) in [6, 6.07) is -0.310. The first-order chi connectivity index (χ1) is 9.69. The number of rotatable bonds is 4. The van der Waals surface area contributed by atoms with Gasteiger partial charge in [-0.2, -0.15) is 0 Å². The van der Waals surface area contributed by atoms with Crippen LogP contribution in [-0.2, 0) is 9.53 Å². The Hall–Kier alpha value is -1.26. The van der Waals surface area contributed by atoms with Gasteiger partial charge < -0.3 is 15.4 Å². The van der Waals surface area contributed by atoms with E-state index in [4.69, 9.17) is 4.74 Å². The monoisotopic (exact) mass is 298 g/mol. The van der Waals surface area contributed by atoms with E-state index < -0.39 is 17.7 Å². The molecule has 122 valence electrons. The molecule has 0 aromatic heterocycles. The Labute approximate surface area is 128 Å². The molecule has 2 N–H and O–H groups in total. The molecule has 0 aliphatic heterocycles. The summed E-state index contributed by atoms with van der Waals surface area (Å²) < 4.78 is 5.23. The number of ether oxygens (including phenoxy) is 1. The predicted molar refractivity (Wildman–Crippen MR) is 83.0 cm³/mol. The summed E-state index contributed by atoms with van der Waals surface area (Å²) in [4.78, 5) is 24.2. The van der Waals surface area contributed by atoms with Crippen LogP contribution in [0.25, 0.3) is 0 Å². The van der Waals surface area contributed by atoms with Crippen molar-refractivity contribution in [3.8, 4) is 0 Å². The van der Waals surface area contributed by atoms with Crippen LogP contribution < -0.4 is 10.6 Å². The van der Waals surface area contributed by atoms with Crippen molar-refractivity contribution in [2.24, 2.45) is 5.92 Å². The molecule has 0 aromatic carbocycles. The highest BCUT2D eigenvalue weighted by atomic mass is 16.6. The standard InChI is InChI=1S/C16H30N2O3/c1-11(2)13(18-15(20)21-16(3,4)5)14(19)17-12-9-7-6-8-10-12/h11-13H,6-10H2,1-5H3,(H,17,19)(H,18,20)/t13-/m1/s1. The van der Waals surface area contributed by atoms with Crippen LogP contribution in [0.3, 0.4) is 0 Å². The smallest absolute Gasteiger partial charge is 0.408 e. The van der Waals surface area contributed by atoms with Crippen LogP contribution >= 0.6 is 0 Å². The largest absolute Gasteiger partial charge is 0.444 e. The van der Waals surface area contributed by atoms with Gasteiger partial charge in [-0.1, -0.05) is 33.1 Å². The maximum atomic E-state index is 12.4. The highest BCUT2D eigenvalue weighted by molar-refractivity contribution is 5.86. The summed E-state index contributed by atoms with van der Waals surface area (Å²) in [5.41, 5.74) is -0.564. The number of carbonyl (C=O) groups excluding carboxylic acids is 2. The Kier molecular flexibility index (Phi) is 6.49. The van der Waals surface area contributed by atoms with Gasteiger partial charge in [-0.3, -0.25) is 4.79 Å². The first-order valence-corrected chi connectivity index (χ1v) is 7.99. The third-order valence-electron chi connectivity index (χ3n) is 3.57. The summed E-state index contributed by atoms with van der Waals surface area (Å²) in [5, 5.41) is 5.75. The summed E-state index contributed by atoms with van der Waals surface area (Å²) in [6.07, 6.45) is 5.09. The fourth-order valence-corrected chi connectivity index (χ4v) is 2.51. The lowest BCUT2D eigenvalue weighted by atomic mass is 9.94. The molecule has 21 heavy (non-hydrogen) atoms. The SMILES string of the molecule is CC(C)[C@@H](NC(=O)OC(C)(C)C)C(=O)NC1CCCCC1. The van der Waals surface area contributed by atoms with Gasteiger partial charge in [-0.05, 0) is 39.5 Å². The molecule has 5 heteroatoms. The van der Waals surface area contributed by atoms with Crippen molar-refractivity contribution in [2.45, 2.75) is 84.4 Å². The van der Waals surface area contributed by atoms with E-state index >= 15 is 0 Å². The van der Waals surface area contributed by atoms with E-state index in [1.54, 1.807) is 20.8 Å². The average Bonchev–Trinajstić information content (AvgIpc) is 2.34. The number of amides is 2. The first kappa shape index (κ1) is 17.8. The number of nitrogens with one attached hydrogen (secondary N) is 2. The molecule has 1 atom stereocenters. The molecule has 0 saturated heterocycles. The molecule has 5 nitrogen and oxygen atoms in total. The molecule has 1 fully saturated rings. The maximum absolute atomic E-state index is 12.4. The van der Waals surface area contributed by atoms with Crippen molar-refractivity contribution >= 4 is 12.0 Å². The van der Waals surface area contributed by atoms with Gasteiger partial charge in [0.05, 0.1) is 0 Å². The predicted octanol–water partition coefficient (Wildman–Crippen LogP) is 2.98. The summed E-state index contributed by atoms with van der Waals surface area (Å²) in [5.74, 6) is -0.0936. The Bertz CT molecular complexity index is 355. The molecule has 0 unspecified atom stereocenters. The Morgan fingerprint density at radius 3 is 2.14 bits per heavy atom. The van der Waals surface area contributed by atoms with Crippen LogP contribution in [0.4, 0.5) is 4.79 Å². The summed E-state index contributed by atoms with van der Waals surface area (Å²) in [6.45, 7) is 9.25. The molecule has 1 aliphatic carbocycles. The zero-order valence-electron chi connectivity index (χ0n) is 14.0. The zero-order valence-corrected chi connectivity index (χ0v) is 14.0. The summed E-state index contributed by atoms with van der Waals surface area (Å²) >= 11 is 0. The van der Waals surface area contributed by atoms with E-state index in [-0.39, 0.29) is 17.9 Å². The molecular weight excluding hydrogens is 268 g/mol. The second-order valence-corrected chi connectivity index (χ2v) is 7.21. The second kappa shape index (κ2) is 7.66. The number of carbonyl (C=O) groups is 2. The van der Waals surface area contributed by atoms with Gasteiger partial charge in [-0.25, -0.2) is 4.79 Å². The average molecular weight is 298 g/mol. The van der Waals surface area contributed by atoms with Crippen LogP contribution in [0.5, 0.6) is 0 Å². The highest BCUT2D eigenvalue weighted by Crippen LogP contribution is 2.18. The molecule has 1 rings (SSSR count). The van der Waals surface area contributed by atoms with Crippen molar-refractivity contribution in [2.75, 3.05) is 0 Å². The molecule has 2 amide bonds. The van der Waals surface area contributed by atoms with Gasteiger partial charge in [0.1, 0.15) is 11.6 Å². The van der Waals surface area contributed by atoms with E-state index in [9.17, 15) is 9.59 Å². The Morgan fingerprint density at radius 2 is 1.67 bits per heavy atom. The van der Waals surface area contributed by atoms with Gasteiger partial charge in [0, 0.05) is 6.04 Å². The van der Waals surface area contributed by atoms with Gasteiger partial charge in [0.2, 0.25) is 5.91 Å². The lowest BCUT2D eigenvalue weighted by Gasteiger charge is -2.28. The van der Waals surface area contributed by atoms with E-state index in [1.165, 1.54) is 6.42 Å². The van der Waals surface area contributed by atoms with Crippen LogP contribution in [-0.4, -0.2) is 29.7 Å². The molecule has 0 spiro atoms. The van der Waals surface area contributed by atoms with Gasteiger partial charge in [0.15, 0.2) is 0 Å². The lowest BCUT2D eigenvalue weighted by Crippen LogP contribution is -2.53. The van der Waals surface area contributed by atoms with E-state index in [0.717, 1.165) is 25.7 Å². The van der Waals surface area contributed by atoms with Crippen LogP contribution in [0.2, 0.25) is 0 Å². The molecular formula is C16H30N2O3. The van der Waals surface area contributed by atoms with Crippen molar-refractivity contribution in [3.05, 3.63) is 0 Å². The zero-order chi connectivity index (χ0) is 16.0. The quantitative estimate of drug-likeness (QED) is 0.838. The van der Waals surface area contributed by atoms with E-state index in [2.05, 4.69) is 10.6 Å². The van der Waals surface area contributed by atoms with Gasteiger partial charge >= 0.3 is 6.09 Å². The maximum Gasteiger partial charge on any atom is 0.408 e. The van der Waals surface area contributed by atoms with Gasteiger partial charge in [-0.15, -0.1) is 0 Å². The van der Waals surface area contributed by atoms with Crippen molar-refractivity contribution in [3.63, 3.8) is 0 Å². The van der Waals surface area contributed by atoms with Gasteiger partial charge in [0.25, 0.3) is 0 Å². The lowest BCUT2D eigenvalue weighted by molar-refractivity contribution is -0.125. The first-order valence-electron chi connectivity index (χ1n) is 7.99. The van der Waals surface area contributed by atoms with Crippen LogP contribution in [0.1, 0.15) is 66.7 Å². The molecule has 0 aromatic rings. The van der Waals surface area contributed by atoms with Crippen molar-refractivity contribution in [1.82, 2.24) is 10.6 Å². The fraction of sp³-hybridized carbons (Fsp3) is 0.875. The second-order valence-electron chi connectivity index (χ2n) is 7.21. The Morgan fingerprint density at radius 1 is 1.10 bits per heavy atom. The normalized spacial score (nSPS) is 18.2. The van der Waals surface area contributed by atoms with Crippen molar-refractivity contribution < 1.29 is 14.3 Å².